The van der Waals surface area contributed by atoms with Gasteiger partial charge in [0.2, 0.25) is 0 Å². The summed E-state index contributed by atoms with van der Waals surface area (Å²) in [5.41, 5.74) is 9.14. The molecule has 0 spiro atoms. The van der Waals surface area contributed by atoms with Gasteiger partial charge in [0.25, 0.3) is 0 Å². The Balaban J connectivity index is 0.000000178. The van der Waals surface area contributed by atoms with Crippen LogP contribution in [-0.2, 0) is 0 Å². The van der Waals surface area contributed by atoms with Crippen LogP contribution in [0.3, 0.4) is 0 Å². The quantitative estimate of drug-likeness (QED) is 0.475. The Hall–Kier alpha value is -2.60. The lowest BCUT2D eigenvalue weighted by molar-refractivity contribution is 0.493. The van der Waals surface area contributed by atoms with Gasteiger partial charge in [-0.3, -0.25) is 0 Å². The largest absolute Gasteiger partial charge is 0.0795 e. The summed E-state index contributed by atoms with van der Waals surface area (Å²) in [6.45, 7) is 13.7. The van der Waals surface area contributed by atoms with Crippen molar-refractivity contribution in [3.8, 4) is 0 Å². The maximum absolute atomic E-state index is 2.39. The Kier molecular flexibility index (Phi) is 6.66. The molecule has 2 aliphatic rings. The second-order valence-corrected chi connectivity index (χ2v) is 10.3. The van der Waals surface area contributed by atoms with Gasteiger partial charge in [-0.15, -0.1) is 0 Å². The van der Waals surface area contributed by atoms with Crippen molar-refractivity contribution in [3.05, 3.63) is 107 Å². The van der Waals surface area contributed by atoms with Crippen molar-refractivity contribution in [3.63, 3.8) is 0 Å². The van der Waals surface area contributed by atoms with E-state index in [2.05, 4.69) is 127 Å². The Labute approximate surface area is 183 Å². The van der Waals surface area contributed by atoms with Crippen LogP contribution in [0.5, 0.6) is 0 Å². The van der Waals surface area contributed by atoms with Crippen molar-refractivity contribution in [1.82, 2.24) is 0 Å². The molecule has 30 heavy (non-hydrogen) atoms. The SMILES string of the molecule is C1=CC(c2ccccc2)=C(c2ccccc2)C1.CC(C)(C)C1=CCC(C(C)(C)C)=C1. The van der Waals surface area contributed by atoms with Crippen molar-refractivity contribution in [2.24, 2.45) is 10.8 Å². The van der Waals surface area contributed by atoms with Gasteiger partial charge in [0, 0.05) is 0 Å². The lowest BCUT2D eigenvalue weighted by Gasteiger charge is -2.21. The second-order valence-electron chi connectivity index (χ2n) is 10.3. The summed E-state index contributed by atoms with van der Waals surface area (Å²) < 4.78 is 0. The Morgan fingerprint density at radius 2 is 1.20 bits per heavy atom. The zero-order valence-electron chi connectivity index (χ0n) is 19.5. The molecule has 0 N–H and O–H groups in total. The lowest BCUT2D eigenvalue weighted by Crippen LogP contribution is -2.09. The van der Waals surface area contributed by atoms with Crippen LogP contribution in [-0.4, -0.2) is 0 Å². The molecular formula is C30H36. The Morgan fingerprint density at radius 3 is 1.67 bits per heavy atom. The summed E-state index contributed by atoms with van der Waals surface area (Å²) in [6.07, 6.45) is 11.4. The summed E-state index contributed by atoms with van der Waals surface area (Å²) in [6, 6.07) is 21.2. The monoisotopic (exact) mass is 396 g/mol. The van der Waals surface area contributed by atoms with Crippen LogP contribution in [0.25, 0.3) is 11.1 Å². The van der Waals surface area contributed by atoms with Gasteiger partial charge >= 0.3 is 0 Å². The standard InChI is InChI=1S/C17H14.C13H22/c1-3-8-14(9-4-1)16-12-7-13-17(16)15-10-5-2-6-11-15;1-12(2,3)10-7-8-11(9-10)13(4,5)6/h1-12H,13H2;7,9H,8H2,1-6H3. The van der Waals surface area contributed by atoms with Crippen LogP contribution in [0.15, 0.2) is 96.1 Å². The van der Waals surface area contributed by atoms with E-state index >= 15 is 0 Å². The highest BCUT2D eigenvalue weighted by atomic mass is 14.3. The second kappa shape index (κ2) is 9.04. The molecule has 0 fully saturated rings. The summed E-state index contributed by atoms with van der Waals surface area (Å²) in [7, 11) is 0. The Morgan fingerprint density at radius 1 is 0.633 bits per heavy atom. The highest BCUT2D eigenvalue weighted by Gasteiger charge is 2.24. The molecule has 0 nitrogen and oxygen atoms in total. The van der Waals surface area contributed by atoms with Crippen molar-refractivity contribution in [2.75, 3.05) is 0 Å². The Bertz CT molecular complexity index is 966. The molecule has 0 saturated carbocycles. The van der Waals surface area contributed by atoms with E-state index in [-0.39, 0.29) is 0 Å². The number of rotatable bonds is 2. The topological polar surface area (TPSA) is 0 Å². The van der Waals surface area contributed by atoms with Crippen molar-refractivity contribution in [2.45, 2.75) is 54.4 Å². The van der Waals surface area contributed by atoms with Gasteiger partial charge < -0.3 is 0 Å². The summed E-state index contributed by atoms with van der Waals surface area (Å²) in [5, 5.41) is 0. The first-order valence-electron chi connectivity index (χ1n) is 11.1. The number of hydrogen-bond acceptors (Lipinski definition) is 0. The minimum atomic E-state index is 0.312. The van der Waals surface area contributed by atoms with Gasteiger partial charge in [0.1, 0.15) is 0 Å². The van der Waals surface area contributed by atoms with Crippen molar-refractivity contribution < 1.29 is 0 Å². The van der Waals surface area contributed by atoms with Gasteiger partial charge in [-0.2, -0.15) is 0 Å². The zero-order chi connectivity index (χ0) is 21.8. The van der Waals surface area contributed by atoms with E-state index in [9.17, 15) is 0 Å². The molecule has 0 atom stereocenters. The molecule has 4 rings (SSSR count). The van der Waals surface area contributed by atoms with Gasteiger partial charge in [-0.1, -0.05) is 132 Å². The first-order valence-corrected chi connectivity index (χ1v) is 11.1. The normalized spacial score (nSPS) is 16.2. The number of benzene rings is 2. The zero-order valence-corrected chi connectivity index (χ0v) is 19.5. The van der Waals surface area contributed by atoms with Crippen LogP contribution in [0.2, 0.25) is 0 Å². The predicted molar refractivity (Wildman–Crippen MR) is 133 cm³/mol. The molecule has 0 bridgehead atoms. The molecule has 2 aromatic rings. The molecule has 0 saturated heterocycles. The van der Waals surface area contributed by atoms with Crippen molar-refractivity contribution >= 4 is 11.1 Å². The maximum Gasteiger partial charge on any atom is -0.00820 e. The average Bonchev–Trinajstić information content (AvgIpc) is 3.39. The molecule has 0 aromatic heterocycles. The highest BCUT2D eigenvalue weighted by Crippen LogP contribution is 2.39. The fourth-order valence-corrected chi connectivity index (χ4v) is 3.88. The molecule has 0 radical (unpaired) electrons. The maximum atomic E-state index is 2.39. The summed E-state index contributed by atoms with van der Waals surface area (Å²) >= 11 is 0. The van der Waals surface area contributed by atoms with Crippen LogP contribution in [0.4, 0.5) is 0 Å². The molecule has 0 amide bonds. The van der Waals surface area contributed by atoms with E-state index in [1.807, 2.05) is 0 Å². The minimum absolute atomic E-state index is 0.312. The summed E-state index contributed by atoms with van der Waals surface area (Å²) in [5.74, 6) is 0. The number of allylic oxidation sites excluding steroid dienone is 8. The third-order valence-corrected chi connectivity index (χ3v) is 5.84. The molecule has 2 aliphatic carbocycles. The van der Waals surface area contributed by atoms with Crippen LogP contribution < -0.4 is 0 Å². The van der Waals surface area contributed by atoms with Crippen LogP contribution in [0.1, 0.15) is 65.5 Å². The van der Waals surface area contributed by atoms with Gasteiger partial charge in [-0.05, 0) is 51.5 Å². The van der Waals surface area contributed by atoms with Crippen molar-refractivity contribution in [1.29, 1.82) is 0 Å². The molecule has 0 unspecified atom stereocenters. The van der Waals surface area contributed by atoms with E-state index in [1.54, 1.807) is 5.57 Å². The first kappa shape index (κ1) is 22.1. The smallest absolute Gasteiger partial charge is 0.00820 e. The minimum Gasteiger partial charge on any atom is -0.0795 e. The molecule has 0 heteroatoms. The highest BCUT2D eigenvalue weighted by molar-refractivity contribution is 5.98. The van der Waals surface area contributed by atoms with Gasteiger partial charge in [0.15, 0.2) is 0 Å². The first-order chi connectivity index (χ1) is 14.2. The average molecular weight is 397 g/mol. The van der Waals surface area contributed by atoms with E-state index in [4.69, 9.17) is 0 Å². The summed E-state index contributed by atoms with van der Waals surface area (Å²) in [4.78, 5) is 0. The lowest BCUT2D eigenvalue weighted by atomic mass is 9.84. The fourth-order valence-electron chi connectivity index (χ4n) is 3.88. The molecule has 0 aliphatic heterocycles. The van der Waals surface area contributed by atoms with E-state index in [0.29, 0.717) is 10.8 Å². The fraction of sp³-hybridized carbons (Fsp3) is 0.333. The molecule has 156 valence electrons. The van der Waals surface area contributed by atoms with Crippen LogP contribution in [0, 0.1) is 10.8 Å². The van der Waals surface area contributed by atoms with E-state index in [0.717, 1.165) is 12.8 Å². The third kappa shape index (κ3) is 5.51. The van der Waals surface area contributed by atoms with Crippen LogP contribution >= 0.6 is 0 Å². The molecule has 0 heterocycles. The van der Waals surface area contributed by atoms with Gasteiger partial charge in [-0.25, -0.2) is 0 Å². The predicted octanol–water partition coefficient (Wildman–Crippen LogP) is 8.89. The third-order valence-electron chi connectivity index (χ3n) is 5.84. The van der Waals surface area contributed by atoms with Gasteiger partial charge in [0.05, 0.1) is 0 Å². The number of hydrogen-bond donors (Lipinski definition) is 0. The van der Waals surface area contributed by atoms with E-state index in [1.165, 1.54) is 27.8 Å². The molecular weight excluding hydrogens is 360 g/mol. The molecule has 2 aromatic carbocycles. The van der Waals surface area contributed by atoms with E-state index < -0.39 is 0 Å².